The van der Waals surface area contributed by atoms with Crippen LogP contribution in [0.4, 0.5) is 17.1 Å². The summed E-state index contributed by atoms with van der Waals surface area (Å²) in [7, 11) is -3.46. The van der Waals surface area contributed by atoms with Gasteiger partial charge in [-0.15, -0.1) is 0 Å². The molecule has 9 heteroatoms. The Kier molecular flexibility index (Phi) is 4.10. The van der Waals surface area contributed by atoms with Crippen molar-refractivity contribution in [2.75, 3.05) is 11.6 Å². The monoisotopic (exact) mass is 327 g/mol. The van der Waals surface area contributed by atoms with Gasteiger partial charge in [0.25, 0.3) is 5.69 Å². The molecule has 0 saturated carbocycles. The number of sulfone groups is 1. The van der Waals surface area contributed by atoms with Gasteiger partial charge in [-0.1, -0.05) is 11.6 Å². The topological polar surface area (TPSA) is 102 Å². The second-order valence-corrected chi connectivity index (χ2v) is 6.60. The Morgan fingerprint density at radius 2 is 2.00 bits per heavy atom. The van der Waals surface area contributed by atoms with E-state index in [0.717, 1.165) is 6.26 Å². The Bertz CT molecular complexity index is 808. The number of nitrogens with zero attached hydrogens (tertiary/aromatic N) is 2. The number of pyridine rings is 1. The van der Waals surface area contributed by atoms with E-state index in [4.69, 9.17) is 11.6 Å². The van der Waals surface area contributed by atoms with Gasteiger partial charge in [0.05, 0.1) is 4.92 Å². The number of nitro benzene ring substituents is 1. The average molecular weight is 328 g/mol. The highest BCUT2D eigenvalue weighted by Gasteiger charge is 2.15. The summed E-state index contributed by atoms with van der Waals surface area (Å²) in [6.07, 6.45) is 2.34. The van der Waals surface area contributed by atoms with Crippen LogP contribution >= 0.6 is 11.6 Å². The summed E-state index contributed by atoms with van der Waals surface area (Å²) in [6.45, 7) is 0. The first-order chi connectivity index (χ1) is 9.77. The Balaban J connectivity index is 2.41. The minimum absolute atomic E-state index is 0.121. The zero-order valence-electron chi connectivity index (χ0n) is 10.8. The van der Waals surface area contributed by atoms with Crippen molar-refractivity contribution < 1.29 is 13.3 Å². The van der Waals surface area contributed by atoms with E-state index >= 15 is 0 Å². The van der Waals surface area contributed by atoms with Gasteiger partial charge in [-0.2, -0.15) is 0 Å². The second-order valence-electron chi connectivity index (χ2n) is 4.20. The SMILES string of the molecule is CS(=O)(=O)c1cc(Nc2ccc(Cl)cc2[N+](=O)[O-])ccn1. The molecule has 0 fully saturated rings. The van der Waals surface area contributed by atoms with Gasteiger partial charge in [0.2, 0.25) is 0 Å². The van der Waals surface area contributed by atoms with E-state index in [1.54, 1.807) is 0 Å². The molecule has 0 radical (unpaired) electrons. The highest BCUT2D eigenvalue weighted by molar-refractivity contribution is 7.90. The largest absolute Gasteiger partial charge is 0.350 e. The molecule has 7 nitrogen and oxygen atoms in total. The lowest BCUT2D eigenvalue weighted by Crippen LogP contribution is -2.02. The van der Waals surface area contributed by atoms with Crippen LogP contribution in [0.5, 0.6) is 0 Å². The van der Waals surface area contributed by atoms with Crippen LogP contribution in [0.1, 0.15) is 0 Å². The number of aromatic nitrogens is 1. The number of anilines is 2. The minimum Gasteiger partial charge on any atom is -0.350 e. The van der Waals surface area contributed by atoms with Crippen LogP contribution in [0.15, 0.2) is 41.6 Å². The van der Waals surface area contributed by atoms with Crippen molar-refractivity contribution in [3.05, 3.63) is 51.7 Å². The van der Waals surface area contributed by atoms with Crippen LogP contribution in [0, 0.1) is 10.1 Å². The van der Waals surface area contributed by atoms with E-state index in [9.17, 15) is 18.5 Å². The van der Waals surface area contributed by atoms with Crippen molar-refractivity contribution in [3.63, 3.8) is 0 Å². The fraction of sp³-hybridized carbons (Fsp3) is 0.0833. The Morgan fingerprint density at radius 3 is 2.62 bits per heavy atom. The fourth-order valence-electron chi connectivity index (χ4n) is 1.61. The van der Waals surface area contributed by atoms with E-state index in [2.05, 4.69) is 10.3 Å². The molecule has 1 aromatic carbocycles. The third kappa shape index (κ3) is 3.67. The van der Waals surface area contributed by atoms with Crippen LogP contribution in [0.3, 0.4) is 0 Å². The highest BCUT2D eigenvalue weighted by Crippen LogP contribution is 2.30. The molecule has 110 valence electrons. The van der Waals surface area contributed by atoms with Gasteiger partial charge >= 0.3 is 0 Å². The van der Waals surface area contributed by atoms with Gasteiger partial charge in [0.15, 0.2) is 14.9 Å². The number of hydrogen-bond acceptors (Lipinski definition) is 6. The standard InChI is InChI=1S/C12H10ClN3O4S/c1-21(19,20)12-7-9(4-5-14-12)15-10-3-2-8(13)6-11(10)16(17)18/h2-7H,1H3,(H,14,15). The smallest absolute Gasteiger partial charge is 0.294 e. The zero-order chi connectivity index (χ0) is 15.6. The van der Waals surface area contributed by atoms with E-state index in [1.807, 2.05) is 0 Å². The van der Waals surface area contributed by atoms with Crippen molar-refractivity contribution in [1.82, 2.24) is 4.98 Å². The summed E-state index contributed by atoms with van der Waals surface area (Å²) >= 11 is 5.73. The lowest BCUT2D eigenvalue weighted by atomic mass is 10.2. The van der Waals surface area contributed by atoms with E-state index in [1.165, 1.54) is 36.5 Å². The quantitative estimate of drug-likeness (QED) is 0.684. The van der Waals surface area contributed by atoms with Crippen LogP contribution < -0.4 is 5.32 Å². The molecule has 0 spiro atoms. The molecule has 21 heavy (non-hydrogen) atoms. The Labute approximate surface area is 125 Å². The van der Waals surface area contributed by atoms with E-state index < -0.39 is 14.8 Å². The molecule has 2 rings (SSSR count). The lowest BCUT2D eigenvalue weighted by Gasteiger charge is -2.08. The molecule has 0 aliphatic carbocycles. The summed E-state index contributed by atoms with van der Waals surface area (Å²) in [5.74, 6) is 0. The van der Waals surface area contributed by atoms with Crippen molar-refractivity contribution >= 4 is 38.5 Å². The van der Waals surface area contributed by atoms with Crippen molar-refractivity contribution in [2.45, 2.75) is 5.03 Å². The van der Waals surface area contributed by atoms with Gasteiger partial charge in [0, 0.05) is 29.2 Å². The first kappa shape index (κ1) is 15.2. The maximum atomic E-state index is 11.4. The second kappa shape index (κ2) is 5.66. The minimum atomic E-state index is -3.46. The van der Waals surface area contributed by atoms with Gasteiger partial charge in [-0.3, -0.25) is 10.1 Å². The molecule has 1 heterocycles. The van der Waals surface area contributed by atoms with Crippen molar-refractivity contribution in [2.24, 2.45) is 0 Å². The maximum Gasteiger partial charge on any atom is 0.294 e. The molecule has 1 N–H and O–H groups in total. The number of nitrogens with one attached hydrogen (secondary N) is 1. The number of benzene rings is 1. The van der Waals surface area contributed by atoms with Crippen molar-refractivity contribution in [1.29, 1.82) is 0 Å². The number of hydrogen-bond donors (Lipinski definition) is 1. The van der Waals surface area contributed by atoms with Crippen LogP contribution in [0.2, 0.25) is 5.02 Å². The molecule has 2 aromatic rings. The summed E-state index contributed by atoms with van der Waals surface area (Å²) in [5, 5.41) is 13.9. The summed E-state index contributed by atoms with van der Waals surface area (Å²) < 4.78 is 22.9. The van der Waals surface area contributed by atoms with Gasteiger partial charge < -0.3 is 5.32 Å². The zero-order valence-corrected chi connectivity index (χ0v) is 12.4. The number of rotatable bonds is 4. The highest BCUT2D eigenvalue weighted by atomic mass is 35.5. The van der Waals surface area contributed by atoms with E-state index in [-0.39, 0.29) is 21.4 Å². The molecule has 0 saturated heterocycles. The Hall–Kier alpha value is -2.19. The molecular formula is C12H10ClN3O4S. The average Bonchev–Trinajstić information content (AvgIpc) is 2.40. The molecule has 1 aromatic heterocycles. The first-order valence-electron chi connectivity index (χ1n) is 5.64. The van der Waals surface area contributed by atoms with Gasteiger partial charge in [0.1, 0.15) is 5.69 Å². The molecule has 0 aliphatic heterocycles. The van der Waals surface area contributed by atoms with Gasteiger partial charge in [-0.05, 0) is 24.3 Å². The third-order valence-electron chi connectivity index (χ3n) is 2.55. The lowest BCUT2D eigenvalue weighted by molar-refractivity contribution is -0.383. The van der Waals surface area contributed by atoms with Crippen LogP contribution in [-0.2, 0) is 9.84 Å². The van der Waals surface area contributed by atoms with Gasteiger partial charge in [-0.25, -0.2) is 13.4 Å². The Morgan fingerprint density at radius 1 is 1.29 bits per heavy atom. The predicted molar refractivity (Wildman–Crippen MR) is 78.7 cm³/mol. The summed E-state index contributed by atoms with van der Waals surface area (Å²) in [6, 6.07) is 6.96. The molecule has 0 bridgehead atoms. The fourth-order valence-corrected chi connectivity index (χ4v) is 2.37. The molecule has 0 unspecified atom stereocenters. The number of halogens is 1. The van der Waals surface area contributed by atoms with Crippen LogP contribution in [-0.4, -0.2) is 24.6 Å². The maximum absolute atomic E-state index is 11.4. The summed E-state index contributed by atoms with van der Waals surface area (Å²) in [4.78, 5) is 14.2. The third-order valence-corrected chi connectivity index (χ3v) is 3.77. The molecule has 0 atom stereocenters. The molecular weight excluding hydrogens is 318 g/mol. The molecule has 0 aliphatic rings. The summed E-state index contributed by atoms with van der Waals surface area (Å²) in [5.41, 5.74) is 0.367. The molecule has 0 amide bonds. The predicted octanol–water partition coefficient (Wildman–Crippen LogP) is 2.79. The first-order valence-corrected chi connectivity index (χ1v) is 7.91. The van der Waals surface area contributed by atoms with Crippen molar-refractivity contribution in [3.8, 4) is 0 Å². The number of nitro groups is 1. The van der Waals surface area contributed by atoms with E-state index in [0.29, 0.717) is 5.69 Å². The van der Waals surface area contributed by atoms with Crippen LogP contribution in [0.25, 0.3) is 0 Å². The normalized spacial score (nSPS) is 11.1.